The summed E-state index contributed by atoms with van der Waals surface area (Å²) in [6, 6.07) is 7.08. The minimum Gasteiger partial charge on any atom is -0.360 e. The van der Waals surface area contributed by atoms with Crippen molar-refractivity contribution in [3.63, 3.8) is 0 Å². The third-order valence-electron chi connectivity index (χ3n) is 2.23. The van der Waals surface area contributed by atoms with E-state index >= 15 is 0 Å². The summed E-state index contributed by atoms with van der Waals surface area (Å²) in [5, 5.41) is 5.84. The number of benzene rings is 1. The summed E-state index contributed by atoms with van der Waals surface area (Å²) in [6.07, 6.45) is 1.50. The van der Waals surface area contributed by atoms with Gasteiger partial charge in [0, 0.05) is 11.8 Å². The average molecular weight is 280 g/mol. The van der Waals surface area contributed by atoms with Crippen LogP contribution in [0.2, 0.25) is 0 Å². The number of hydrogen-bond donors (Lipinski definition) is 2. The fraction of sp³-hybridized carbons (Fsp3) is 0.0909. The largest absolute Gasteiger partial charge is 0.360 e. The Morgan fingerprint density at radius 3 is 2.47 bits per heavy atom. The Balaban J connectivity index is 2.21. The summed E-state index contributed by atoms with van der Waals surface area (Å²) in [5.41, 5.74) is 0.450. The first-order valence-corrected chi connectivity index (χ1v) is 6.69. The van der Waals surface area contributed by atoms with Gasteiger partial charge in [-0.2, -0.15) is 0 Å². The van der Waals surface area contributed by atoms with Crippen LogP contribution < -0.4 is 10.0 Å². The number of anilines is 2. The Labute approximate surface area is 109 Å². The maximum Gasteiger partial charge on any atom is 0.314 e. The van der Waals surface area contributed by atoms with Crippen LogP contribution >= 0.6 is 0 Å². The molecule has 7 nitrogen and oxygen atoms in total. The van der Waals surface area contributed by atoms with E-state index in [-0.39, 0.29) is 10.7 Å². The molecule has 2 N–H and O–H groups in total. The highest BCUT2D eigenvalue weighted by atomic mass is 32.2. The molecule has 0 saturated heterocycles. The fourth-order valence-corrected chi connectivity index (χ4v) is 2.37. The lowest BCUT2D eigenvalue weighted by atomic mass is 10.3. The van der Waals surface area contributed by atoms with Crippen molar-refractivity contribution in [3.8, 4) is 0 Å². The molecule has 0 bridgehead atoms. The zero-order valence-electron chi connectivity index (χ0n) is 9.88. The number of nitrogens with zero attached hydrogens (tertiary/aromatic N) is 1. The van der Waals surface area contributed by atoms with Crippen molar-refractivity contribution in [2.75, 3.05) is 10.0 Å². The van der Waals surface area contributed by atoms with Gasteiger partial charge in [0.25, 0.3) is 10.0 Å². The predicted octanol–water partition coefficient (Wildman–Crippen LogP) is 1.26. The Bertz CT molecular complexity index is 676. The maximum absolute atomic E-state index is 12.0. The van der Waals surface area contributed by atoms with Crippen molar-refractivity contribution in [3.05, 3.63) is 36.1 Å². The molecular weight excluding hydrogens is 270 g/mol. The highest BCUT2D eigenvalue weighted by Gasteiger charge is 2.15. The zero-order chi connectivity index (χ0) is 13.9. The van der Waals surface area contributed by atoms with E-state index in [4.69, 9.17) is 4.52 Å². The molecule has 8 heteroatoms. The standard InChI is InChI=1S/C11H10N3O4S/c1-8-6-11(13-18-8)14-19(16,17)10-4-2-9(3-5-10)12-7-15/h2-6H,1H3,(H,12,15)(H,13,14). The summed E-state index contributed by atoms with van der Waals surface area (Å²) >= 11 is 0. The Hall–Kier alpha value is -2.35. The van der Waals surface area contributed by atoms with Crippen LogP contribution in [0.1, 0.15) is 5.76 Å². The van der Waals surface area contributed by atoms with E-state index in [1.807, 2.05) is 0 Å². The average Bonchev–Trinajstić information content (AvgIpc) is 2.75. The predicted molar refractivity (Wildman–Crippen MR) is 67.8 cm³/mol. The number of hydrogen-bond acceptors (Lipinski definition) is 5. The van der Waals surface area contributed by atoms with E-state index in [1.165, 1.54) is 36.7 Å². The molecule has 2 aromatic rings. The molecule has 1 radical (unpaired) electrons. The smallest absolute Gasteiger partial charge is 0.314 e. The van der Waals surface area contributed by atoms with E-state index in [1.54, 1.807) is 6.92 Å². The summed E-state index contributed by atoms with van der Waals surface area (Å²) < 4.78 is 31.0. The van der Waals surface area contributed by atoms with E-state index < -0.39 is 10.0 Å². The molecule has 1 amide bonds. The molecule has 0 aliphatic rings. The topological polar surface area (TPSA) is 101 Å². The van der Waals surface area contributed by atoms with Gasteiger partial charge in [-0.3, -0.25) is 9.52 Å². The molecule has 1 aromatic heterocycles. The first-order valence-electron chi connectivity index (χ1n) is 5.20. The van der Waals surface area contributed by atoms with Crippen LogP contribution in [0, 0.1) is 6.92 Å². The quantitative estimate of drug-likeness (QED) is 0.803. The highest BCUT2D eigenvalue weighted by molar-refractivity contribution is 7.92. The highest BCUT2D eigenvalue weighted by Crippen LogP contribution is 2.17. The number of carbonyl (C=O) groups excluding carboxylic acids is 1. The second-order valence-electron chi connectivity index (χ2n) is 3.68. The first kappa shape index (κ1) is 13.1. The van der Waals surface area contributed by atoms with Gasteiger partial charge in [0.1, 0.15) is 5.76 Å². The van der Waals surface area contributed by atoms with Crippen molar-refractivity contribution in [1.29, 1.82) is 0 Å². The van der Waals surface area contributed by atoms with Gasteiger partial charge in [-0.15, -0.1) is 0 Å². The van der Waals surface area contributed by atoms with E-state index in [2.05, 4.69) is 15.2 Å². The molecule has 0 aliphatic carbocycles. The molecule has 0 spiro atoms. The van der Waals surface area contributed by atoms with Crippen LogP contribution in [0.3, 0.4) is 0 Å². The van der Waals surface area contributed by atoms with Crippen molar-refractivity contribution >= 4 is 27.9 Å². The van der Waals surface area contributed by atoms with Gasteiger partial charge >= 0.3 is 6.41 Å². The van der Waals surface area contributed by atoms with Crippen LogP contribution in [-0.2, 0) is 14.8 Å². The first-order chi connectivity index (χ1) is 9.01. The summed E-state index contributed by atoms with van der Waals surface area (Å²) in [5.74, 6) is 0.611. The van der Waals surface area contributed by atoms with E-state index in [9.17, 15) is 13.2 Å². The number of amides is 1. The fourth-order valence-electron chi connectivity index (χ4n) is 1.39. The minimum absolute atomic E-state index is 0.0459. The molecule has 2 rings (SSSR count). The molecule has 99 valence electrons. The number of aromatic nitrogens is 1. The van der Waals surface area contributed by atoms with Crippen LogP contribution in [0.5, 0.6) is 0 Å². The van der Waals surface area contributed by atoms with Gasteiger partial charge in [-0.1, -0.05) is 5.16 Å². The lowest BCUT2D eigenvalue weighted by molar-refractivity contribution is 0.400. The van der Waals surface area contributed by atoms with Gasteiger partial charge < -0.3 is 9.84 Å². The molecule has 0 unspecified atom stereocenters. The Morgan fingerprint density at radius 1 is 1.26 bits per heavy atom. The third kappa shape index (κ3) is 3.10. The zero-order valence-corrected chi connectivity index (χ0v) is 10.7. The minimum atomic E-state index is -3.73. The third-order valence-corrected chi connectivity index (χ3v) is 3.60. The summed E-state index contributed by atoms with van der Waals surface area (Å²) in [7, 11) is -3.73. The second-order valence-corrected chi connectivity index (χ2v) is 5.36. The summed E-state index contributed by atoms with van der Waals surface area (Å²) in [6.45, 7) is 1.65. The lowest BCUT2D eigenvalue weighted by Gasteiger charge is -2.05. The lowest BCUT2D eigenvalue weighted by Crippen LogP contribution is -2.13. The van der Waals surface area contributed by atoms with Gasteiger partial charge in [-0.05, 0) is 31.2 Å². The Kier molecular flexibility index (Phi) is 3.52. The van der Waals surface area contributed by atoms with E-state index in [0.29, 0.717) is 11.4 Å². The van der Waals surface area contributed by atoms with Crippen molar-refractivity contribution in [2.24, 2.45) is 0 Å². The van der Waals surface area contributed by atoms with Gasteiger partial charge in [0.05, 0.1) is 4.90 Å². The number of nitrogens with one attached hydrogen (secondary N) is 2. The normalized spacial score (nSPS) is 11.0. The van der Waals surface area contributed by atoms with Crippen molar-refractivity contribution in [1.82, 2.24) is 5.16 Å². The molecule has 19 heavy (non-hydrogen) atoms. The molecule has 0 aliphatic heterocycles. The van der Waals surface area contributed by atoms with Gasteiger partial charge in [-0.25, -0.2) is 8.42 Å². The molecule has 0 saturated carbocycles. The summed E-state index contributed by atoms with van der Waals surface area (Å²) in [4.78, 5) is 10.2. The van der Waals surface area contributed by atoms with Crippen molar-refractivity contribution < 1.29 is 17.7 Å². The van der Waals surface area contributed by atoms with Crippen LogP contribution in [0.25, 0.3) is 0 Å². The number of rotatable bonds is 5. The molecular formula is C11H10N3O4S. The number of sulfonamides is 1. The monoisotopic (exact) mass is 280 g/mol. The molecule has 1 aromatic carbocycles. The molecule has 0 fully saturated rings. The maximum atomic E-state index is 12.0. The van der Waals surface area contributed by atoms with E-state index in [0.717, 1.165) is 0 Å². The van der Waals surface area contributed by atoms with Gasteiger partial charge in [0.15, 0.2) is 5.82 Å². The van der Waals surface area contributed by atoms with Crippen LogP contribution in [0.4, 0.5) is 11.5 Å². The van der Waals surface area contributed by atoms with Gasteiger partial charge in [0.2, 0.25) is 0 Å². The number of aryl methyl sites for hydroxylation is 1. The SMILES string of the molecule is Cc1cc(NS(=O)(=O)c2ccc(N[C]=O)cc2)no1. The second kappa shape index (κ2) is 5.11. The van der Waals surface area contributed by atoms with Crippen LogP contribution in [0.15, 0.2) is 39.8 Å². The molecule has 0 atom stereocenters. The molecule has 1 heterocycles. The van der Waals surface area contributed by atoms with Crippen LogP contribution in [-0.4, -0.2) is 20.0 Å². The Morgan fingerprint density at radius 2 is 1.95 bits per heavy atom. The van der Waals surface area contributed by atoms with Crippen molar-refractivity contribution in [2.45, 2.75) is 11.8 Å².